The third-order valence-corrected chi connectivity index (χ3v) is 3.12. The predicted molar refractivity (Wildman–Crippen MR) is 68.9 cm³/mol. The highest BCUT2D eigenvalue weighted by Crippen LogP contribution is 2.27. The van der Waals surface area contributed by atoms with Crippen LogP contribution in [0.2, 0.25) is 0 Å². The van der Waals surface area contributed by atoms with Crippen LogP contribution in [0.1, 0.15) is 6.92 Å². The Bertz CT molecular complexity index is 296. The van der Waals surface area contributed by atoms with Crippen molar-refractivity contribution in [2.24, 2.45) is 11.7 Å². The molecule has 1 aliphatic rings. The number of aliphatic hydroxyl groups excluding tert-OH is 1. The molecular formula is C12H20ClNO4. The highest BCUT2D eigenvalue weighted by Gasteiger charge is 2.32. The molecule has 1 aliphatic carbocycles. The minimum absolute atomic E-state index is 0.0689. The van der Waals surface area contributed by atoms with E-state index < -0.39 is 12.5 Å². The van der Waals surface area contributed by atoms with Gasteiger partial charge in [-0.25, -0.2) is 0 Å². The quantitative estimate of drug-likeness (QED) is 0.536. The van der Waals surface area contributed by atoms with Gasteiger partial charge < -0.3 is 19.3 Å². The van der Waals surface area contributed by atoms with Gasteiger partial charge >= 0.3 is 0 Å². The smallest absolute Gasteiger partial charge is 0.211 e. The van der Waals surface area contributed by atoms with E-state index in [0.717, 1.165) is 0 Å². The Hall–Kier alpha value is -0.430. The van der Waals surface area contributed by atoms with Crippen molar-refractivity contribution < 1.29 is 19.3 Å². The summed E-state index contributed by atoms with van der Waals surface area (Å²) in [6.45, 7) is 1.89. The van der Waals surface area contributed by atoms with Crippen LogP contribution in [0.3, 0.4) is 0 Å². The normalized spacial score (nSPS) is 28.1. The maximum atomic E-state index is 9.07. The van der Waals surface area contributed by atoms with Crippen LogP contribution in [-0.2, 0) is 14.2 Å². The Morgan fingerprint density at radius 2 is 2.06 bits per heavy atom. The molecule has 0 amide bonds. The number of rotatable bonds is 7. The van der Waals surface area contributed by atoms with Crippen molar-refractivity contribution in [1.82, 2.24) is 0 Å². The molecule has 3 N–H and O–H groups in total. The largest absolute Gasteiger partial charge is 0.359 e. The Kier molecular flexibility index (Phi) is 6.85. The molecule has 5 unspecified atom stereocenters. The SMILES string of the molecule is COCOC(C(C)OC(N)O)C1C=CC=CC1Cl. The topological polar surface area (TPSA) is 73.9 Å². The number of ether oxygens (including phenoxy) is 3. The van der Waals surface area contributed by atoms with Gasteiger partial charge in [-0.15, -0.1) is 11.6 Å². The average Bonchev–Trinajstić information content (AvgIpc) is 2.31. The second-order valence-corrected chi connectivity index (χ2v) is 4.57. The third-order valence-electron chi connectivity index (χ3n) is 2.68. The van der Waals surface area contributed by atoms with Crippen molar-refractivity contribution in [1.29, 1.82) is 0 Å². The molecule has 104 valence electrons. The molecule has 18 heavy (non-hydrogen) atoms. The van der Waals surface area contributed by atoms with Crippen molar-refractivity contribution in [2.45, 2.75) is 30.9 Å². The van der Waals surface area contributed by atoms with E-state index in [9.17, 15) is 0 Å². The molecular weight excluding hydrogens is 258 g/mol. The lowest BCUT2D eigenvalue weighted by molar-refractivity contribution is -0.190. The van der Waals surface area contributed by atoms with E-state index in [0.29, 0.717) is 0 Å². The fourth-order valence-electron chi connectivity index (χ4n) is 1.89. The van der Waals surface area contributed by atoms with Crippen LogP contribution in [0.5, 0.6) is 0 Å². The molecule has 0 heterocycles. The molecule has 1 rings (SSSR count). The Morgan fingerprint density at radius 3 is 2.61 bits per heavy atom. The first-order valence-electron chi connectivity index (χ1n) is 5.75. The number of hydrogen-bond donors (Lipinski definition) is 2. The maximum absolute atomic E-state index is 9.07. The van der Waals surface area contributed by atoms with Crippen molar-refractivity contribution in [3.8, 4) is 0 Å². The van der Waals surface area contributed by atoms with Crippen LogP contribution < -0.4 is 5.73 Å². The van der Waals surface area contributed by atoms with Gasteiger partial charge in [0.1, 0.15) is 6.79 Å². The molecule has 5 atom stereocenters. The zero-order valence-corrected chi connectivity index (χ0v) is 11.3. The average molecular weight is 278 g/mol. The summed E-state index contributed by atoms with van der Waals surface area (Å²) in [5, 5.41) is 8.87. The summed E-state index contributed by atoms with van der Waals surface area (Å²) >= 11 is 6.23. The van der Waals surface area contributed by atoms with Crippen molar-refractivity contribution >= 4 is 11.6 Å². The number of alkyl halides is 1. The summed E-state index contributed by atoms with van der Waals surface area (Å²) in [6.07, 6.45) is 5.49. The van der Waals surface area contributed by atoms with E-state index in [1.165, 1.54) is 7.11 Å². The van der Waals surface area contributed by atoms with Gasteiger partial charge in [0, 0.05) is 13.0 Å². The fraction of sp³-hybridized carbons (Fsp3) is 0.667. The molecule has 0 aliphatic heterocycles. The number of halogens is 1. The number of hydrogen-bond acceptors (Lipinski definition) is 5. The summed E-state index contributed by atoms with van der Waals surface area (Å²) in [4.78, 5) is 0. The first kappa shape index (κ1) is 15.6. The molecule has 0 aromatic carbocycles. The lowest BCUT2D eigenvalue weighted by Crippen LogP contribution is -2.43. The van der Waals surface area contributed by atoms with Crippen LogP contribution >= 0.6 is 11.6 Å². The van der Waals surface area contributed by atoms with Crippen molar-refractivity contribution in [2.75, 3.05) is 13.9 Å². The van der Waals surface area contributed by atoms with E-state index >= 15 is 0 Å². The zero-order valence-electron chi connectivity index (χ0n) is 10.5. The molecule has 0 saturated carbocycles. The standard InChI is InChI=1S/C12H20ClNO4/c1-8(18-12(14)15)11(17-7-16-2)9-5-3-4-6-10(9)13/h3-6,8-12,15H,7,14H2,1-2H3. The van der Waals surface area contributed by atoms with Gasteiger partial charge in [-0.1, -0.05) is 24.3 Å². The van der Waals surface area contributed by atoms with Gasteiger partial charge in [0.2, 0.25) is 6.41 Å². The Balaban J connectivity index is 2.70. The van der Waals surface area contributed by atoms with Crippen LogP contribution in [0, 0.1) is 5.92 Å². The summed E-state index contributed by atoms with van der Waals surface area (Å²) in [7, 11) is 1.54. The molecule has 0 aromatic heterocycles. The zero-order chi connectivity index (χ0) is 13.5. The monoisotopic (exact) mass is 277 g/mol. The highest BCUT2D eigenvalue weighted by molar-refractivity contribution is 6.22. The Labute approximate surface area is 112 Å². The molecule has 0 saturated heterocycles. The number of methoxy groups -OCH3 is 1. The highest BCUT2D eigenvalue weighted by atomic mass is 35.5. The minimum atomic E-state index is -1.34. The summed E-state index contributed by atoms with van der Waals surface area (Å²) in [5.74, 6) is -0.0689. The van der Waals surface area contributed by atoms with Gasteiger partial charge in [0.25, 0.3) is 0 Å². The van der Waals surface area contributed by atoms with Gasteiger partial charge in [0.15, 0.2) is 0 Å². The van der Waals surface area contributed by atoms with Gasteiger partial charge in [-0.05, 0) is 6.92 Å². The van der Waals surface area contributed by atoms with Crippen LogP contribution in [-0.4, -0.2) is 43.0 Å². The summed E-state index contributed by atoms with van der Waals surface area (Å²) < 4.78 is 15.6. The van der Waals surface area contributed by atoms with Crippen LogP contribution in [0.25, 0.3) is 0 Å². The molecule has 0 bridgehead atoms. The lowest BCUT2D eigenvalue weighted by atomic mass is 9.91. The molecule has 0 radical (unpaired) electrons. The van der Waals surface area contributed by atoms with Crippen molar-refractivity contribution in [3.63, 3.8) is 0 Å². The number of allylic oxidation sites excluding steroid dienone is 3. The second-order valence-electron chi connectivity index (χ2n) is 4.06. The first-order valence-corrected chi connectivity index (χ1v) is 6.18. The number of aliphatic hydroxyl groups is 1. The van der Waals surface area contributed by atoms with Gasteiger partial charge in [0.05, 0.1) is 17.6 Å². The molecule has 0 fully saturated rings. The van der Waals surface area contributed by atoms with Gasteiger partial charge in [-0.2, -0.15) is 0 Å². The van der Waals surface area contributed by atoms with E-state index in [2.05, 4.69) is 0 Å². The predicted octanol–water partition coefficient (Wildman–Crippen LogP) is 0.965. The summed E-state index contributed by atoms with van der Waals surface area (Å²) in [5.41, 5.74) is 5.21. The maximum Gasteiger partial charge on any atom is 0.211 e. The van der Waals surface area contributed by atoms with E-state index in [-0.39, 0.29) is 24.2 Å². The second kappa shape index (κ2) is 7.89. The molecule has 5 nitrogen and oxygen atoms in total. The molecule has 0 aromatic rings. The van der Waals surface area contributed by atoms with Gasteiger partial charge in [-0.3, -0.25) is 5.73 Å². The van der Waals surface area contributed by atoms with Crippen LogP contribution in [0.15, 0.2) is 24.3 Å². The molecule has 0 spiro atoms. The number of nitrogens with two attached hydrogens (primary N) is 1. The van der Waals surface area contributed by atoms with Crippen molar-refractivity contribution in [3.05, 3.63) is 24.3 Å². The minimum Gasteiger partial charge on any atom is -0.359 e. The first-order chi connectivity index (χ1) is 8.56. The van der Waals surface area contributed by atoms with E-state index in [1.807, 2.05) is 24.3 Å². The lowest BCUT2D eigenvalue weighted by Gasteiger charge is -2.33. The third kappa shape index (κ3) is 4.68. The Morgan fingerprint density at radius 1 is 1.39 bits per heavy atom. The molecule has 6 heteroatoms. The van der Waals surface area contributed by atoms with Crippen LogP contribution in [0.4, 0.5) is 0 Å². The fourth-order valence-corrected chi connectivity index (χ4v) is 2.20. The summed E-state index contributed by atoms with van der Waals surface area (Å²) in [6, 6.07) is 0. The van der Waals surface area contributed by atoms with E-state index in [1.54, 1.807) is 6.92 Å². The van der Waals surface area contributed by atoms with E-state index in [4.69, 9.17) is 36.7 Å².